The molecule has 1 aromatic heterocycles. The number of carbonyl (C=O) groups is 3. The maximum absolute atomic E-state index is 12.3. The lowest BCUT2D eigenvalue weighted by molar-refractivity contribution is 0.0602. The monoisotopic (exact) mass is 516 g/mol. The number of imide groups is 1. The summed E-state index contributed by atoms with van der Waals surface area (Å²) in [6.45, 7) is 0. The molecule has 4 amide bonds. The predicted octanol–water partition coefficient (Wildman–Crippen LogP) is 5.18. The summed E-state index contributed by atoms with van der Waals surface area (Å²) in [5.74, 6) is 1.54. The van der Waals surface area contributed by atoms with Crippen LogP contribution in [-0.2, 0) is 4.74 Å². The van der Waals surface area contributed by atoms with Crippen molar-refractivity contribution < 1.29 is 33.3 Å². The average Bonchev–Trinajstić information content (AvgIpc) is 2.93. The van der Waals surface area contributed by atoms with Crippen molar-refractivity contribution in [3.8, 4) is 23.0 Å². The molecule has 0 bridgehead atoms. The molecule has 1 heterocycles. The number of benzene rings is 3. The molecule has 0 aliphatic heterocycles. The Kier molecular flexibility index (Phi) is 7.87. The number of aromatic nitrogens is 1. The lowest BCUT2D eigenvalue weighted by atomic mass is 10.2. The van der Waals surface area contributed by atoms with E-state index in [0.29, 0.717) is 34.2 Å². The van der Waals surface area contributed by atoms with E-state index in [1.54, 1.807) is 75.0 Å². The minimum Gasteiger partial charge on any atom is -0.493 e. The second kappa shape index (κ2) is 11.6. The second-order valence-electron chi connectivity index (χ2n) is 7.73. The fourth-order valence-electron chi connectivity index (χ4n) is 3.57. The van der Waals surface area contributed by atoms with Crippen molar-refractivity contribution in [2.45, 2.75) is 0 Å². The number of methoxy groups -OCH3 is 3. The number of hydrogen-bond donors (Lipinski definition) is 3. The van der Waals surface area contributed by atoms with Gasteiger partial charge in [-0.25, -0.2) is 14.4 Å². The van der Waals surface area contributed by atoms with E-state index >= 15 is 0 Å². The Labute approximate surface area is 217 Å². The highest BCUT2D eigenvalue weighted by atomic mass is 16.5. The number of nitrogens with zero attached hydrogens (tertiary/aromatic N) is 1. The number of amides is 4. The molecule has 3 aromatic carbocycles. The van der Waals surface area contributed by atoms with Crippen LogP contribution in [0.25, 0.3) is 10.9 Å². The van der Waals surface area contributed by atoms with E-state index in [9.17, 15) is 14.4 Å². The molecule has 0 saturated carbocycles. The number of ether oxygens (including phenoxy) is 4. The fourth-order valence-corrected chi connectivity index (χ4v) is 3.57. The van der Waals surface area contributed by atoms with E-state index < -0.39 is 18.0 Å². The zero-order valence-electron chi connectivity index (χ0n) is 20.7. The van der Waals surface area contributed by atoms with E-state index in [4.69, 9.17) is 18.9 Å². The van der Waals surface area contributed by atoms with Gasteiger partial charge in [0, 0.05) is 23.3 Å². The lowest BCUT2D eigenvalue weighted by Crippen LogP contribution is -2.37. The van der Waals surface area contributed by atoms with Crippen LogP contribution < -0.4 is 30.2 Å². The lowest BCUT2D eigenvalue weighted by Gasteiger charge is -2.13. The summed E-state index contributed by atoms with van der Waals surface area (Å²) in [7, 11) is 4.33. The number of urea groups is 2. The Bertz CT molecular complexity index is 1490. The predicted molar refractivity (Wildman–Crippen MR) is 140 cm³/mol. The Morgan fingerprint density at radius 2 is 1.45 bits per heavy atom. The summed E-state index contributed by atoms with van der Waals surface area (Å²) in [5.41, 5.74) is 1.44. The summed E-state index contributed by atoms with van der Waals surface area (Å²) in [5, 5.41) is 7.88. The summed E-state index contributed by atoms with van der Waals surface area (Å²) in [6, 6.07) is 16.5. The molecule has 0 aliphatic rings. The van der Waals surface area contributed by atoms with Gasteiger partial charge in [0.05, 0.1) is 38.1 Å². The molecule has 0 fully saturated rings. The highest BCUT2D eigenvalue weighted by Gasteiger charge is 2.15. The van der Waals surface area contributed by atoms with Gasteiger partial charge < -0.3 is 29.6 Å². The fraction of sp³-hybridized carbons (Fsp3) is 0.111. The number of esters is 1. The van der Waals surface area contributed by atoms with Crippen LogP contribution in [0.15, 0.2) is 72.9 Å². The number of carbonyl (C=O) groups excluding carboxylic acids is 3. The number of anilines is 2. The van der Waals surface area contributed by atoms with Crippen LogP contribution in [0.2, 0.25) is 0 Å². The standard InChI is InChI=1S/C27H24N4O7/c1-35-23-14-19-21(15-24(23)36-2)28-13-12-22(19)38-17-10-8-16(9-11-17)29-26(33)31-27(34)30-20-7-5-4-6-18(20)25(32)37-3/h4-15H,1-3H3,(H3,29,30,31,33,34). The molecule has 0 atom stereocenters. The van der Waals surface area contributed by atoms with Gasteiger partial charge in [-0.1, -0.05) is 12.1 Å². The molecule has 4 aromatic rings. The van der Waals surface area contributed by atoms with Gasteiger partial charge in [0.2, 0.25) is 0 Å². The van der Waals surface area contributed by atoms with Gasteiger partial charge in [0.25, 0.3) is 0 Å². The van der Waals surface area contributed by atoms with E-state index in [1.165, 1.54) is 19.2 Å². The Morgan fingerprint density at radius 3 is 2.16 bits per heavy atom. The Morgan fingerprint density at radius 1 is 0.763 bits per heavy atom. The van der Waals surface area contributed by atoms with Gasteiger partial charge in [0.15, 0.2) is 11.5 Å². The second-order valence-corrected chi connectivity index (χ2v) is 7.73. The van der Waals surface area contributed by atoms with Crippen molar-refractivity contribution in [1.29, 1.82) is 0 Å². The number of hydrogen-bond acceptors (Lipinski definition) is 8. The van der Waals surface area contributed by atoms with Crippen molar-refractivity contribution >= 4 is 40.3 Å². The van der Waals surface area contributed by atoms with Gasteiger partial charge in [0.1, 0.15) is 11.5 Å². The largest absolute Gasteiger partial charge is 0.493 e. The van der Waals surface area contributed by atoms with Crippen LogP contribution in [0.4, 0.5) is 21.0 Å². The smallest absolute Gasteiger partial charge is 0.339 e. The zero-order chi connectivity index (χ0) is 27.1. The van der Waals surface area contributed by atoms with E-state index in [-0.39, 0.29) is 11.3 Å². The topological polar surface area (TPSA) is 137 Å². The molecule has 0 radical (unpaired) electrons. The normalized spacial score (nSPS) is 10.3. The molecule has 11 heteroatoms. The summed E-state index contributed by atoms with van der Waals surface area (Å²) in [6.07, 6.45) is 1.62. The maximum atomic E-state index is 12.3. The van der Waals surface area contributed by atoms with Crippen molar-refractivity contribution in [1.82, 2.24) is 10.3 Å². The average molecular weight is 517 g/mol. The maximum Gasteiger partial charge on any atom is 0.339 e. The number of pyridine rings is 1. The van der Waals surface area contributed by atoms with Crippen LogP contribution in [0.5, 0.6) is 23.0 Å². The van der Waals surface area contributed by atoms with Crippen molar-refractivity contribution in [2.24, 2.45) is 0 Å². The molecule has 38 heavy (non-hydrogen) atoms. The number of rotatable bonds is 7. The SMILES string of the molecule is COC(=O)c1ccccc1NC(=O)NC(=O)Nc1ccc(Oc2ccnc3cc(OC)c(OC)cc23)cc1. The highest BCUT2D eigenvalue weighted by molar-refractivity contribution is 6.07. The van der Waals surface area contributed by atoms with Crippen molar-refractivity contribution in [3.05, 3.63) is 78.5 Å². The quantitative estimate of drug-likeness (QED) is 0.286. The first-order chi connectivity index (χ1) is 18.4. The van der Waals surface area contributed by atoms with E-state index in [2.05, 4.69) is 20.9 Å². The van der Waals surface area contributed by atoms with Crippen LogP contribution in [0, 0.1) is 0 Å². The van der Waals surface area contributed by atoms with Gasteiger partial charge in [-0.3, -0.25) is 10.3 Å². The van der Waals surface area contributed by atoms with Crippen LogP contribution in [0.3, 0.4) is 0 Å². The molecule has 194 valence electrons. The number of nitrogens with one attached hydrogen (secondary N) is 3. The van der Waals surface area contributed by atoms with Gasteiger partial charge in [-0.05, 0) is 48.5 Å². The Hall–Kier alpha value is -5.32. The van der Waals surface area contributed by atoms with Crippen LogP contribution >= 0.6 is 0 Å². The van der Waals surface area contributed by atoms with Crippen LogP contribution in [-0.4, -0.2) is 44.3 Å². The third kappa shape index (κ3) is 5.90. The van der Waals surface area contributed by atoms with Crippen molar-refractivity contribution in [2.75, 3.05) is 32.0 Å². The van der Waals surface area contributed by atoms with Crippen molar-refractivity contribution in [3.63, 3.8) is 0 Å². The molecule has 4 rings (SSSR count). The first-order valence-electron chi connectivity index (χ1n) is 11.3. The number of fused-ring (bicyclic) bond motifs is 1. The minimum atomic E-state index is -0.824. The zero-order valence-corrected chi connectivity index (χ0v) is 20.7. The van der Waals surface area contributed by atoms with Gasteiger partial charge >= 0.3 is 18.0 Å². The molecular formula is C27H24N4O7. The molecule has 0 saturated heterocycles. The first kappa shape index (κ1) is 25.8. The molecule has 0 aliphatic carbocycles. The van der Waals surface area contributed by atoms with Gasteiger partial charge in [-0.15, -0.1) is 0 Å². The van der Waals surface area contributed by atoms with E-state index in [1.807, 2.05) is 0 Å². The highest BCUT2D eigenvalue weighted by Crippen LogP contribution is 2.37. The van der Waals surface area contributed by atoms with Gasteiger partial charge in [-0.2, -0.15) is 0 Å². The minimum absolute atomic E-state index is 0.153. The van der Waals surface area contributed by atoms with Crippen LogP contribution in [0.1, 0.15) is 10.4 Å². The number of para-hydroxylation sites is 1. The molecule has 0 spiro atoms. The summed E-state index contributed by atoms with van der Waals surface area (Å²) in [4.78, 5) is 40.7. The molecule has 0 unspecified atom stereocenters. The molecule has 3 N–H and O–H groups in total. The first-order valence-corrected chi connectivity index (χ1v) is 11.3. The summed E-state index contributed by atoms with van der Waals surface area (Å²) >= 11 is 0. The molecule has 11 nitrogen and oxygen atoms in total. The Balaban J connectivity index is 1.39. The summed E-state index contributed by atoms with van der Waals surface area (Å²) < 4.78 is 21.4. The third-order valence-corrected chi connectivity index (χ3v) is 5.35. The van der Waals surface area contributed by atoms with E-state index in [0.717, 1.165) is 5.39 Å². The molecular weight excluding hydrogens is 492 g/mol. The third-order valence-electron chi connectivity index (χ3n) is 5.35.